The minimum atomic E-state index is 0.116. The van der Waals surface area contributed by atoms with E-state index >= 15 is 0 Å². The monoisotopic (exact) mass is 395 g/mol. The fourth-order valence-electron chi connectivity index (χ4n) is 4.27. The van der Waals surface area contributed by atoms with E-state index in [9.17, 15) is 4.79 Å². The molecule has 4 heterocycles. The number of amides is 1. The lowest BCUT2D eigenvalue weighted by molar-refractivity contribution is -0.139. The number of carbonyl (C=O) groups excluding carboxylic acids is 1. The van der Waals surface area contributed by atoms with Crippen molar-refractivity contribution in [3.63, 3.8) is 0 Å². The van der Waals surface area contributed by atoms with Crippen LogP contribution in [0.1, 0.15) is 48.7 Å². The molecular weight excluding hydrogens is 366 g/mol. The van der Waals surface area contributed by atoms with Crippen LogP contribution in [0, 0.1) is 19.8 Å². The molecule has 1 N–H and O–H groups in total. The molecule has 2 aromatic heterocycles. The van der Waals surface area contributed by atoms with Crippen molar-refractivity contribution >= 4 is 17.7 Å². The largest absolute Gasteiger partial charge is 0.381 e. The van der Waals surface area contributed by atoms with Gasteiger partial charge in [0.1, 0.15) is 5.82 Å². The first-order valence-electron chi connectivity index (χ1n) is 10.5. The van der Waals surface area contributed by atoms with Crippen LogP contribution in [0.3, 0.4) is 0 Å². The highest BCUT2D eigenvalue weighted by Gasteiger charge is 2.31. The third-order valence-electron chi connectivity index (χ3n) is 5.71. The topological polar surface area (TPSA) is 80.2 Å². The molecule has 0 spiro atoms. The van der Waals surface area contributed by atoms with Crippen molar-refractivity contribution in [3.8, 4) is 0 Å². The van der Waals surface area contributed by atoms with Gasteiger partial charge in [0.25, 0.3) is 0 Å². The lowest BCUT2D eigenvalue weighted by atomic mass is 9.91. The summed E-state index contributed by atoms with van der Waals surface area (Å²) >= 11 is 0. The summed E-state index contributed by atoms with van der Waals surface area (Å²) in [6.45, 7) is 6.90. The van der Waals surface area contributed by atoms with E-state index in [4.69, 9.17) is 9.72 Å². The molecule has 7 heteroatoms. The van der Waals surface area contributed by atoms with Gasteiger partial charge in [-0.1, -0.05) is 6.07 Å². The third kappa shape index (κ3) is 4.90. The van der Waals surface area contributed by atoms with Gasteiger partial charge in [-0.15, -0.1) is 0 Å². The molecule has 29 heavy (non-hydrogen) atoms. The molecule has 0 bridgehead atoms. The summed E-state index contributed by atoms with van der Waals surface area (Å²) in [7, 11) is 0. The molecule has 1 atom stereocenters. The predicted octanol–water partition coefficient (Wildman–Crippen LogP) is 3.36. The van der Waals surface area contributed by atoms with Crippen molar-refractivity contribution in [1.29, 1.82) is 0 Å². The highest BCUT2D eigenvalue weighted by molar-refractivity contribution is 5.79. The summed E-state index contributed by atoms with van der Waals surface area (Å²) in [5, 5.41) is 3.22. The van der Waals surface area contributed by atoms with Crippen molar-refractivity contribution in [2.45, 2.75) is 45.4 Å². The SMILES string of the molecule is Cc1cc(C)nc(Nc2cccc(C3CCCN(C(=O)C4CCOCC4)C3)n2)n1. The van der Waals surface area contributed by atoms with E-state index in [1.165, 1.54) is 0 Å². The summed E-state index contributed by atoms with van der Waals surface area (Å²) in [5.41, 5.74) is 2.86. The first-order chi connectivity index (χ1) is 14.1. The minimum Gasteiger partial charge on any atom is -0.381 e. The van der Waals surface area contributed by atoms with Crippen LogP contribution in [-0.2, 0) is 9.53 Å². The maximum atomic E-state index is 12.9. The second-order valence-corrected chi connectivity index (χ2v) is 8.06. The van der Waals surface area contributed by atoms with Crippen molar-refractivity contribution < 1.29 is 9.53 Å². The smallest absolute Gasteiger partial charge is 0.228 e. The summed E-state index contributed by atoms with van der Waals surface area (Å²) < 4.78 is 5.41. The number of ether oxygens (including phenoxy) is 1. The lowest BCUT2D eigenvalue weighted by Gasteiger charge is -2.35. The molecule has 1 amide bonds. The Morgan fingerprint density at radius 1 is 1.10 bits per heavy atom. The van der Waals surface area contributed by atoms with Crippen LogP contribution < -0.4 is 5.32 Å². The van der Waals surface area contributed by atoms with E-state index in [1.807, 2.05) is 36.9 Å². The first-order valence-corrected chi connectivity index (χ1v) is 10.5. The summed E-state index contributed by atoms with van der Waals surface area (Å²) in [4.78, 5) is 28.6. The van der Waals surface area contributed by atoms with Gasteiger partial charge in [-0.25, -0.2) is 15.0 Å². The van der Waals surface area contributed by atoms with E-state index in [-0.39, 0.29) is 17.7 Å². The molecule has 0 aliphatic carbocycles. The zero-order chi connectivity index (χ0) is 20.2. The van der Waals surface area contributed by atoms with Gasteiger partial charge in [-0.2, -0.15) is 0 Å². The number of nitrogens with one attached hydrogen (secondary N) is 1. The van der Waals surface area contributed by atoms with E-state index in [0.29, 0.717) is 19.2 Å². The number of likely N-dealkylation sites (tertiary alicyclic amines) is 1. The van der Waals surface area contributed by atoms with Crippen LogP contribution in [0.15, 0.2) is 24.3 Å². The first kappa shape index (κ1) is 19.8. The highest BCUT2D eigenvalue weighted by atomic mass is 16.5. The lowest BCUT2D eigenvalue weighted by Crippen LogP contribution is -2.43. The molecule has 0 radical (unpaired) electrons. The molecule has 2 aromatic rings. The van der Waals surface area contributed by atoms with Crippen LogP contribution in [0.5, 0.6) is 0 Å². The second-order valence-electron chi connectivity index (χ2n) is 8.06. The van der Waals surface area contributed by atoms with E-state index < -0.39 is 0 Å². The Hall–Kier alpha value is -2.54. The Bertz CT molecular complexity index is 846. The molecule has 1 unspecified atom stereocenters. The van der Waals surface area contributed by atoms with E-state index in [2.05, 4.69) is 21.4 Å². The zero-order valence-corrected chi connectivity index (χ0v) is 17.2. The number of aryl methyl sites for hydroxylation is 2. The fourth-order valence-corrected chi connectivity index (χ4v) is 4.27. The molecule has 2 fully saturated rings. The number of aromatic nitrogens is 3. The average Bonchev–Trinajstić information content (AvgIpc) is 2.73. The van der Waals surface area contributed by atoms with Crippen LogP contribution in [0.2, 0.25) is 0 Å². The Kier molecular flexibility index (Phi) is 6.04. The van der Waals surface area contributed by atoms with Gasteiger partial charge in [0.05, 0.1) is 0 Å². The number of hydrogen-bond acceptors (Lipinski definition) is 6. The minimum absolute atomic E-state index is 0.116. The van der Waals surface area contributed by atoms with Crippen LogP contribution >= 0.6 is 0 Å². The van der Waals surface area contributed by atoms with E-state index in [1.54, 1.807) is 0 Å². The third-order valence-corrected chi connectivity index (χ3v) is 5.71. The molecule has 2 aliphatic heterocycles. The van der Waals surface area contributed by atoms with Crippen molar-refractivity contribution in [2.24, 2.45) is 5.92 Å². The van der Waals surface area contributed by atoms with Gasteiger partial charge in [-0.05, 0) is 57.7 Å². The number of piperidine rings is 1. The molecule has 4 rings (SSSR count). The number of carbonyl (C=O) groups is 1. The average molecular weight is 396 g/mol. The van der Waals surface area contributed by atoms with Gasteiger partial charge in [0, 0.05) is 55.2 Å². The standard InChI is InChI=1S/C22H29N5O2/c1-15-13-16(2)24-22(23-15)26-20-7-3-6-19(25-20)18-5-4-10-27(14-18)21(28)17-8-11-29-12-9-17/h3,6-7,13,17-18H,4-5,8-12,14H2,1-2H3,(H,23,24,25,26). The molecule has 0 aromatic carbocycles. The fraction of sp³-hybridized carbons (Fsp3) is 0.545. The number of pyridine rings is 1. The number of rotatable bonds is 4. The molecule has 2 saturated heterocycles. The van der Waals surface area contributed by atoms with Crippen LogP contribution in [-0.4, -0.2) is 52.1 Å². The Labute approximate surface area is 171 Å². The van der Waals surface area contributed by atoms with Gasteiger partial charge in [0.2, 0.25) is 11.9 Å². The van der Waals surface area contributed by atoms with Gasteiger partial charge < -0.3 is 15.0 Å². The quantitative estimate of drug-likeness (QED) is 0.855. The number of nitrogens with zero attached hydrogens (tertiary/aromatic N) is 4. The molecular formula is C22H29N5O2. The predicted molar refractivity (Wildman–Crippen MR) is 111 cm³/mol. The van der Waals surface area contributed by atoms with E-state index in [0.717, 1.165) is 61.7 Å². The van der Waals surface area contributed by atoms with Gasteiger partial charge >= 0.3 is 0 Å². The van der Waals surface area contributed by atoms with Crippen molar-refractivity contribution in [1.82, 2.24) is 19.9 Å². The molecule has 0 saturated carbocycles. The normalized spacial score (nSPS) is 20.5. The highest BCUT2D eigenvalue weighted by Crippen LogP contribution is 2.29. The maximum absolute atomic E-state index is 12.9. The summed E-state index contributed by atoms with van der Waals surface area (Å²) in [6.07, 6.45) is 3.74. The summed E-state index contributed by atoms with van der Waals surface area (Å²) in [5.74, 6) is 1.96. The van der Waals surface area contributed by atoms with Gasteiger partial charge in [0.15, 0.2) is 0 Å². The maximum Gasteiger partial charge on any atom is 0.228 e. The van der Waals surface area contributed by atoms with Crippen molar-refractivity contribution in [3.05, 3.63) is 41.3 Å². The molecule has 2 aliphatic rings. The Balaban J connectivity index is 1.45. The van der Waals surface area contributed by atoms with Gasteiger partial charge in [-0.3, -0.25) is 4.79 Å². The molecule has 154 valence electrons. The Morgan fingerprint density at radius 3 is 2.62 bits per heavy atom. The molecule has 7 nitrogen and oxygen atoms in total. The summed E-state index contributed by atoms with van der Waals surface area (Å²) in [6, 6.07) is 7.94. The van der Waals surface area contributed by atoms with Crippen LogP contribution in [0.25, 0.3) is 0 Å². The Morgan fingerprint density at radius 2 is 1.86 bits per heavy atom. The van der Waals surface area contributed by atoms with Crippen molar-refractivity contribution in [2.75, 3.05) is 31.6 Å². The second kappa shape index (κ2) is 8.86. The number of anilines is 2. The zero-order valence-electron chi connectivity index (χ0n) is 17.2. The van der Waals surface area contributed by atoms with Crippen LogP contribution in [0.4, 0.5) is 11.8 Å². The number of hydrogen-bond donors (Lipinski definition) is 1.